The minimum absolute atomic E-state index is 0.0828. The summed E-state index contributed by atoms with van der Waals surface area (Å²) in [5, 5.41) is 0. The second-order valence-corrected chi connectivity index (χ2v) is 8.29. The minimum Gasteiger partial charge on any atom is -0.479 e. The van der Waals surface area contributed by atoms with Crippen molar-refractivity contribution >= 4 is 40.8 Å². The standard InChI is InChI=1S/C27H24F3N3O5/c1-4-31-22-15-10-18(27(28,29)30)16-23(22)32(19-8-6-5-7-9-19)26(36)33(25(31)35)20-11-13-21(14-12-20)38-17(2)24(34)37-3/h5-17H,4H2,1-3H3. The molecule has 4 amide bonds. The van der Waals surface area contributed by atoms with Crippen molar-refractivity contribution in [3.63, 3.8) is 0 Å². The average molecular weight is 527 g/mol. The van der Waals surface area contributed by atoms with E-state index in [4.69, 9.17) is 4.74 Å². The second-order valence-electron chi connectivity index (χ2n) is 8.29. The molecule has 0 spiro atoms. The van der Waals surface area contributed by atoms with Crippen molar-refractivity contribution in [3.05, 3.63) is 78.4 Å². The smallest absolute Gasteiger partial charge is 0.416 e. The van der Waals surface area contributed by atoms with Crippen LogP contribution < -0.4 is 19.4 Å². The van der Waals surface area contributed by atoms with E-state index in [0.717, 1.165) is 21.9 Å². The van der Waals surface area contributed by atoms with Crippen molar-refractivity contribution in [3.8, 4) is 5.75 Å². The molecule has 1 unspecified atom stereocenters. The number of hydrogen-bond donors (Lipinski definition) is 0. The van der Waals surface area contributed by atoms with E-state index in [-0.39, 0.29) is 35.0 Å². The van der Waals surface area contributed by atoms with Crippen LogP contribution in [-0.2, 0) is 15.7 Å². The molecular formula is C27H24F3N3O5. The SMILES string of the molecule is CCN1C(=O)N(c2ccc(OC(C)C(=O)OC)cc2)C(=O)N(c2ccccc2)c2cc(C(F)(F)F)ccc21. The molecule has 0 radical (unpaired) electrons. The Morgan fingerprint density at radius 2 is 1.50 bits per heavy atom. The lowest BCUT2D eigenvalue weighted by Gasteiger charge is -2.27. The van der Waals surface area contributed by atoms with Crippen LogP contribution in [0, 0.1) is 0 Å². The molecule has 0 bridgehead atoms. The van der Waals surface area contributed by atoms with E-state index < -0.39 is 35.9 Å². The van der Waals surface area contributed by atoms with E-state index in [2.05, 4.69) is 4.74 Å². The van der Waals surface area contributed by atoms with Crippen molar-refractivity contribution in [1.82, 2.24) is 0 Å². The van der Waals surface area contributed by atoms with E-state index in [1.54, 1.807) is 37.3 Å². The summed E-state index contributed by atoms with van der Waals surface area (Å²) in [4.78, 5) is 42.5. The molecule has 0 N–H and O–H groups in total. The molecule has 198 valence electrons. The van der Waals surface area contributed by atoms with Crippen LogP contribution in [-0.4, -0.2) is 37.8 Å². The molecule has 1 aliphatic heterocycles. The molecule has 8 nitrogen and oxygen atoms in total. The second kappa shape index (κ2) is 10.4. The van der Waals surface area contributed by atoms with Gasteiger partial charge in [-0.25, -0.2) is 19.3 Å². The summed E-state index contributed by atoms with van der Waals surface area (Å²) < 4.78 is 51.1. The van der Waals surface area contributed by atoms with E-state index in [0.29, 0.717) is 0 Å². The summed E-state index contributed by atoms with van der Waals surface area (Å²) in [6.45, 7) is 3.25. The summed E-state index contributed by atoms with van der Waals surface area (Å²) >= 11 is 0. The fraction of sp³-hybridized carbons (Fsp3) is 0.222. The Morgan fingerprint density at radius 1 is 0.868 bits per heavy atom. The van der Waals surface area contributed by atoms with E-state index in [1.165, 1.54) is 49.3 Å². The highest BCUT2D eigenvalue weighted by molar-refractivity contribution is 6.28. The first kappa shape index (κ1) is 26.5. The van der Waals surface area contributed by atoms with Crippen LogP contribution >= 0.6 is 0 Å². The van der Waals surface area contributed by atoms with E-state index in [9.17, 15) is 27.6 Å². The maximum Gasteiger partial charge on any atom is 0.416 e. The normalized spacial score (nSPS) is 14.6. The van der Waals surface area contributed by atoms with Gasteiger partial charge in [0.25, 0.3) is 0 Å². The maximum absolute atomic E-state index is 14.0. The molecule has 3 aromatic carbocycles. The Balaban J connectivity index is 1.83. The van der Waals surface area contributed by atoms with Gasteiger partial charge in [0.05, 0.1) is 35.4 Å². The van der Waals surface area contributed by atoms with Crippen LogP contribution in [0.5, 0.6) is 5.75 Å². The van der Waals surface area contributed by atoms with Gasteiger partial charge in [0.15, 0.2) is 6.10 Å². The van der Waals surface area contributed by atoms with Crippen LogP contribution in [0.3, 0.4) is 0 Å². The van der Waals surface area contributed by atoms with Gasteiger partial charge in [-0.05, 0) is 68.4 Å². The highest BCUT2D eigenvalue weighted by atomic mass is 19.4. The Bertz CT molecular complexity index is 1350. The number of amides is 4. The van der Waals surface area contributed by atoms with Gasteiger partial charge in [-0.3, -0.25) is 9.80 Å². The number of imide groups is 1. The lowest BCUT2D eigenvalue weighted by atomic mass is 10.1. The molecule has 1 heterocycles. The summed E-state index contributed by atoms with van der Waals surface area (Å²) in [7, 11) is 1.23. The van der Waals surface area contributed by atoms with Gasteiger partial charge in [-0.1, -0.05) is 18.2 Å². The zero-order valence-electron chi connectivity index (χ0n) is 20.7. The van der Waals surface area contributed by atoms with Gasteiger partial charge in [0.1, 0.15) is 5.75 Å². The lowest BCUT2D eigenvalue weighted by Crippen LogP contribution is -2.48. The molecule has 11 heteroatoms. The van der Waals surface area contributed by atoms with Gasteiger partial charge in [-0.15, -0.1) is 0 Å². The van der Waals surface area contributed by atoms with Crippen LogP contribution in [0.15, 0.2) is 72.8 Å². The first-order valence-corrected chi connectivity index (χ1v) is 11.6. The molecule has 38 heavy (non-hydrogen) atoms. The Kier molecular flexibility index (Phi) is 7.29. The minimum atomic E-state index is -4.66. The Morgan fingerprint density at radius 3 is 2.08 bits per heavy atom. The molecule has 0 aromatic heterocycles. The fourth-order valence-electron chi connectivity index (χ4n) is 4.06. The number of hydrogen-bond acceptors (Lipinski definition) is 5. The monoisotopic (exact) mass is 527 g/mol. The summed E-state index contributed by atoms with van der Waals surface area (Å²) in [5.74, 6) is -0.299. The molecule has 3 aromatic rings. The number of halogens is 3. The number of alkyl halides is 3. The zero-order chi connectivity index (χ0) is 27.6. The molecule has 0 saturated carbocycles. The zero-order valence-corrected chi connectivity index (χ0v) is 20.7. The number of carbonyl (C=O) groups is 3. The number of anilines is 4. The van der Waals surface area contributed by atoms with Crippen molar-refractivity contribution in [2.45, 2.75) is 26.1 Å². The molecule has 1 atom stereocenters. The number of benzene rings is 3. The number of carbonyl (C=O) groups excluding carboxylic acids is 3. The number of nitrogens with zero attached hydrogens (tertiary/aromatic N) is 3. The molecule has 4 rings (SSSR count). The third kappa shape index (κ3) is 4.99. The molecule has 0 fully saturated rings. The van der Waals surface area contributed by atoms with Crippen molar-refractivity contribution in [2.75, 3.05) is 28.4 Å². The van der Waals surface area contributed by atoms with Crippen LogP contribution in [0.25, 0.3) is 0 Å². The quantitative estimate of drug-likeness (QED) is 0.348. The average Bonchev–Trinajstić information content (AvgIpc) is 2.99. The largest absolute Gasteiger partial charge is 0.479 e. The number of rotatable bonds is 6. The number of ether oxygens (including phenoxy) is 2. The molecule has 1 aliphatic rings. The highest BCUT2D eigenvalue weighted by Gasteiger charge is 2.41. The maximum atomic E-state index is 14.0. The van der Waals surface area contributed by atoms with Crippen LogP contribution in [0.4, 0.5) is 45.5 Å². The van der Waals surface area contributed by atoms with Gasteiger partial charge in [-0.2, -0.15) is 13.2 Å². The van der Waals surface area contributed by atoms with Crippen molar-refractivity contribution in [1.29, 1.82) is 0 Å². The number of methoxy groups -OCH3 is 1. The first-order chi connectivity index (χ1) is 18.1. The number of urea groups is 2. The summed E-state index contributed by atoms with van der Waals surface area (Å²) in [6, 6.07) is 15.3. The summed E-state index contributed by atoms with van der Waals surface area (Å²) in [5.41, 5.74) is -0.456. The van der Waals surface area contributed by atoms with Crippen LogP contribution in [0.1, 0.15) is 19.4 Å². The van der Waals surface area contributed by atoms with Crippen LogP contribution in [0.2, 0.25) is 0 Å². The lowest BCUT2D eigenvalue weighted by molar-refractivity contribution is -0.148. The Labute approximate surface area is 216 Å². The van der Waals surface area contributed by atoms with Gasteiger partial charge in [0, 0.05) is 6.54 Å². The highest BCUT2D eigenvalue weighted by Crippen LogP contribution is 2.43. The third-order valence-corrected chi connectivity index (χ3v) is 5.91. The number of para-hydroxylation sites is 1. The summed E-state index contributed by atoms with van der Waals surface area (Å²) in [6.07, 6.45) is -5.56. The molecular weight excluding hydrogens is 503 g/mol. The van der Waals surface area contributed by atoms with Gasteiger partial charge in [0.2, 0.25) is 0 Å². The topological polar surface area (TPSA) is 79.4 Å². The van der Waals surface area contributed by atoms with Gasteiger partial charge >= 0.3 is 24.2 Å². The number of esters is 1. The third-order valence-electron chi connectivity index (χ3n) is 5.91. The molecule has 0 aliphatic carbocycles. The van der Waals surface area contributed by atoms with E-state index in [1.807, 2.05) is 0 Å². The Hall–Kier alpha value is -4.54. The van der Waals surface area contributed by atoms with Crippen molar-refractivity contribution in [2.24, 2.45) is 0 Å². The van der Waals surface area contributed by atoms with Crippen molar-refractivity contribution < 1.29 is 37.0 Å². The predicted octanol–water partition coefficient (Wildman–Crippen LogP) is 6.37. The molecule has 0 saturated heterocycles. The van der Waals surface area contributed by atoms with E-state index >= 15 is 0 Å². The number of fused-ring (bicyclic) bond motifs is 1. The van der Waals surface area contributed by atoms with Gasteiger partial charge < -0.3 is 9.47 Å². The first-order valence-electron chi connectivity index (χ1n) is 11.6. The predicted molar refractivity (Wildman–Crippen MR) is 135 cm³/mol. The fourth-order valence-corrected chi connectivity index (χ4v) is 4.06.